The van der Waals surface area contributed by atoms with E-state index in [4.69, 9.17) is 0 Å². The molecule has 36 heavy (non-hydrogen) atoms. The zero-order chi connectivity index (χ0) is 25.3. The van der Waals surface area contributed by atoms with Gasteiger partial charge in [-0.2, -0.15) is 4.31 Å². The third-order valence-corrected chi connectivity index (χ3v) is 9.80. The maximum absolute atomic E-state index is 13.4. The van der Waals surface area contributed by atoms with Crippen LogP contribution < -0.4 is 10.2 Å². The predicted molar refractivity (Wildman–Crippen MR) is 139 cm³/mol. The molecule has 2 aromatic carbocycles. The van der Waals surface area contributed by atoms with Crippen molar-refractivity contribution >= 4 is 27.5 Å². The third-order valence-electron chi connectivity index (χ3n) is 7.90. The van der Waals surface area contributed by atoms with Crippen LogP contribution in [0.2, 0.25) is 0 Å². The van der Waals surface area contributed by atoms with E-state index >= 15 is 0 Å². The number of fused-ring (bicyclic) bond motifs is 1. The second-order valence-electron chi connectivity index (χ2n) is 10.4. The normalized spacial score (nSPS) is 19.4. The topological polar surface area (TPSA) is 86.8 Å². The predicted octanol–water partition coefficient (Wildman–Crippen LogP) is 3.79. The average Bonchev–Trinajstić information content (AvgIpc) is 2.85. The second kappa shape index (κ2) is 10.3. The molecule has 2 aromatic rings. The van der Waals surface area contributed by atoms with Crippen molar-refractivity contribution in [2.45, 2.75) is 63.3 Å². The van der Waals surface area contributed by atoms with Crippen LogP contribution in [0.15, 0.2) is 47.4 Å². The summed E-state index contributed by atoms with van der Waals surface area (Å²) in [4.78, 5) is 27.7. The summed E-state index contributed by atoms with van der Waals surface area (Å²) in [6.45, 7) is 3.86. The zero-order valence-electron chi connectivity index (χ0n) is 20.9. The number of hydrogen-bond acceptors (Lipinski definition) is 4. The molecule has 8 heteroatoms. The number of piperidine rings is 1. The summed E-state index contributed by atoms with van der Waals surface area (Å²) in [6.07, 6.45) is 5.66. The molecular weight excluding hydrogens is 474 g/mol. The van der Waals surface area contributed by atoms with E-state index in [9.17, 15) is 18.0 Å². The third kappa shape index (κ3) is 5.06. The Morgan fingerprint density at radius 1 is 0.944 bits per heavy atom. The summed E-state index contributed by atoms with van der Waals surface area (Å²) in [7, 11) is -3.65. The standard InChI is InChI=1S/C28H35N3O4S/c1-20-5-2-6-21(17-20)19-29-27(32)22-12-15-30(16-13-22)36(34,35)25-10-11-26-24(18-25)9-4-14-31(26)28(33)23-7-3-8-23/h2,5-6,10-11,17-18,22-23H,3-4,7-9,12-16,19H2,1H3,(H,29,32). The smallest absolute Gasteiger partial charge is 0.243 e. The fourth-order valence-electron chi connectivity index (χ4n) is 5.50. The minimum atomic E-state index is -3.65. The van der Waals surface area contributed by atoms with Gasteiger partial charge in [-0.3, -0.25) is 9.59 Å². The molecule has 1 saturated carbocycles. The molecule has 0 atom stereocenters. The van der Waals surface area contributed by atoms with Crippen molar-refractivity contribution in [3.8, 4) is 0 Å². The van der Waals surface area contributed by atoms with Crippen LogP contribution in [0.1, 0.15) is 55.2 Å². The van der Waals surface area contributed by atoms with Gasteiger partial charge in [-0.15, -0.1) is 0 Å². The first-order valence-electron chi connectivity index (χ1n) is 13.1. The number of rotatable bonds is 6. The lowest BCUT2D eigenvalue weighted by Crippen LogP contribution is -2.43. The van der Waals surface area contributed by atoms with E-state index < -0.39 is 10.0 Å². The quantitative estimate of drug-likeness (QED) is 0.642. The van der Waals surface area contributed by atoms with Gasteiger partial charge >= 0.3 is 0 Å². The van der Waals surface area contributed by atoms with Gasteiger partial charge in [0.05, 0.1) is 4.90 Å². The van der Waals surface area contributed by atoms with E-state index in [0.29, 0.717) is 39.0 Å². The van der Waals surface area contributed by atoms with E-state index in [1.165, 1.54) is 4.31 Å². The number of carbonyl (C=O) groups is 2. The second-order valence-corrected chi connectivity index (χ2v) is 12.3. The number of carbonyl (C=O) groups excluding carboxylic acids is 2. The summed E-state index contributed by atoms with van der Waals surface area (Å²) < 4.78 is 28.3. The molecule has 2 amide bonds. The van der Waals surface area contributed by atoms with Crippen molar-refractivity contribution in [3.05, 3.63) is 59.2 Å². The SMILES string of the molecule is Cc1cccc(CNC(=O)C2CCN(S(=O)(=O)c3ccc4c(c3)CCCN4C(=O)C3CCC3)CC2)c1. The first-order chi connectivity index (χ1) is 17.3. The highest BCUT2D eigenvalue weighted by Crippen LogP contribution is 2.35. The Kier molecular flexibility index (Phi) is 7.17. The maximum atomic E-state index is 13.4. The van der Waals surface area contributed by atoms with Crippen molar-refractivity contribution < 1.29 is 18.0 Å². The molecule has 1 saturated heterocycles. The van der Waals surface area contributed by atoms with E-state index in [-0.39, 0.29) is 28.5 Å². The first-order valence-corrected chi connectivity index (χ1v) is 14.5. The van der Waals surface area contributed by atoms with Crippen molar-refractivity contribution in [1.82, 2.24) is 9.62 Å². The Balaban J connectivity index is 1.21. The van der Waals surface area contributed by atoms with Crippen molar-refractivity contribution in [2.24, 2.45) is 11.8 Å². The molecule has 0 radical (unpaired) electrons. The summed E-state index contributed by atoms with van der Waals surface area (Å²) in [5, 5.41) is 3.01. The minimum Gasteiger partial charge on any atom is -0.352 e. The van der Waals surface area contributed by atoms with Crippen molar-refractivity contribution in [2.75, 3.05) is 24.5 Å². The van der Waals surface area contributed by atoms with Gasteiger partial charge in [-0.1, -0.05) is 36.2 Å². The Morgan fingerprint density at radius 3 is 2.42 bits per heavy atom. The molecule has 0 unspecified atom stereocenters. The molecule has 7 nitrogen and oxygen atoms in total. The van der Waals surface area contributed by atoms with Gasteiger partial charge < -0.3 is 10.2 Å². The number of anilines is 1. The summed E-state index contributed by atoms with van der Waals surface area (Å²) in [5.74, 6) is 0.102. The monoisotopic (exact) mass is 509 g/mol. The Labute approximate surface area is 213 Å². The van der Waals surface area contributed by atoms with Gasteiger partial charge in [-0.25, -0.2) is 8.42 Å². The highest BCUT2D eigenvalue weighted by atomic mass is 32.2. The summed E-state index contributed by atoms with van der Waals surface area (Å²) >= 11 is 0. The highest BCUT2D eigenvalue weighted by molar-refractivity contribution is 7.89. The molecule has 0 aromatic heterocycles. The van der Waals surface area contributed by atoms with Gasteiger partial charge in [0, 0.05) is 43.7 Å². The van der Waals surface area contributed by atoms with Gasteiger partial charge in [0.1, 0.15) is 0 Å². The number of amides is 2. The largest absolute Gasteiger partial charge is 0.352 e. The lowest BCUT2D eigenvalue weighted by atomic mass is 9.83. The van der Waals surface area contributed by atoms with Crippen LogP contribution >= 0.6 is 0 Å². The molecule has 2 heterocycles. The van der Waals surface area contributed by atoms with Crippen LogP contribution in [0.25, 0.3) is 0 Å². The molecule has 2 fully saturated rings. The minimum absolute atomic E-state index is 0.0152. The molecule has 2 aliphatic heterocycles. The molecule has 0 spiro atoms. The fourth-order valence-corrected chi connectivity index (χ4v) is 7.02. The van der Waals surface area contributed by atoms with E-state index in [0.717, 1.165) is 54.5 Å². The van der Waals surface area contributed by atoms with Gasteiger partial charge in [0.15, 0.2) is 0 Å². The molecule has 1 aliphatic carbocycles. The number of sulfonamides is 1. The summed E-state index contributed by atoms with van der Waals surface area (Å²) in [6, 6.07) is 13.2. The van der Waals surface area contributed by atoms with Gasteiger partial charge in [0.2, 0.25) is 21.8 Å². The maximum Gasteiger partial charge on any atom is 0.243 e. The average molecular weight is 510 g/mol. The van der Waals surface area contributed by atoms with Crippen LogP contribution in [0.5, 0.6) is 0 Å². The van der Waals surface area contributed by atoms with E-state index in [1.54, 1.807) is 12.1 Å². The Hall–Kier alpha value is -2.71. The highest BCUT2D eigenvalue weighted by Gasteiger charge is 2.35. The van der Waals surface area contributed by atoms with Crippen molar-refractivity contribution in [3.63, 3.8) is 0 Å². The van der Waals surface area contributed by atoms with Crippen LogP contribution in [-0.4, -0.2) is 44.2 Å². The lowest BCUT2D eigenvalue weighted by Gasteiger charge is -2.35. The Morgan fingerprint density at radius 2 is 1.72 bits per heavy atom. The summed E-state index contributed by atoms with van der Waals surface area (Å²) in [5.41, 5.74) is 4.00. The van der Waals surface area contributed by atoms with Crippen LogP contribution in [0, 0.1) is 18.8 Å². The van der Waals surface area contributed by atoms with Crippen molar-refractivity contribution in [1.29, 1.82) is 0 Å². The van der Waals surface area contributed by atoms with E-state index in [2.05, 4.69) is 11.4 Å². The van der Waals surface area contributed by atoms with E-state index in [1.807, 2.05) is 36.1 Å². The lowest BCUT2D eigenvalue weighted by molar-refractivity contribution is -0.126. The molecule has 3 aliphatic rings. The molecule has 1 N–H and O–H groups in total. The number of aryl methyl sites for hydroxylation is 2. The van der Waals surface area contributed by atoms with Gasteiger partial charge in [0.25, 0.3) is 0 Å². The van der Waals surface area contributed by atoms with Gasteiger partial charge in [-0.05, 0) is 74.8 Å². The van der Waals surface area contributed by atoms with Crippen LogP contribution in [-0.2, 0) is 32.6 Å². The first kappa shape index (κ1) is 25.0. The number of nitrogens with zero attached hydrogens (tertiary/aromatic N) is 2. The molecule has 0 bridgehead atoms. The number of benzene rings is 2. The van der Waals surface area contributed by atoms with Crippen LogP contribution in [0.3, 0.4) is 0 Å². The Bertz CT molecular complexity index is 1250. The number of nitrogens with one attached hydrogen (secondary N) is 1. The molecular formula is C28H35N3O4S. The zero-order valence-corrected chi connectivity index (χ0v) is 21.7. The fraction of sp³-hybridized carbons (Fsp3) is 0.500. The molecule has 5 rings (SSSR count). The molecule has 192 valence electrons. The van der Waals surface area contributed by atoms with Crippen LogP contribution in [0.4, 0.5) is 5.69 Å². The number of hydrogen-bond donors (Lipinski definition) is 1.